The third kappa shape index (κ3) is 5.25. The summed E-state index contributed by atoms with van der Waals surface area (Å²) >= 11 is 0. The van der Waals surface area contributed by atoms with Crippen molar-refractivity contribution < 1.29 is 17.6 Å². The van der Waals surface area contributed by atoms with Gasteiger partial charge in [-0.25, -0.2) is 17.5 Å². The van der Waals surface area contributed by atoms with Crippen LogP contribution in [0.15, 0.2) is 29.2 Å². The first-order chi connectivity index (χ1) is 11.4. The fourth-order valence-electron chi connectivity index (χ4n) is 2.72. The molecule has 134 valence electrons. The summed E-state index contributed by atoms with van der Waals surface area (Å²) in [6.45, 7) is 1.91. The molecule has 0 radical (unpaired) electrons. The molecule has 2 N–H and O–H groups in total. The van der Waals surface area contributed by atoms with Gasteiger partial charge in [-0.1, -0.05) is 0 Å². The summed E-state index contributed by atoms with van der Waals surface area (Å²) in [7, 11) is -1.81. The van der Waals surface area contributed by atoms with Crippen LogP contribution < -0.4 is 10.0 Å². The van der Waals surface area contributed by atoms with E-state index in [0.717, 1.165) is 25.1 Å². The number of sulfonamides is 1. The van der Waals surface area contributed by atoms with E-state index in [0.29, 0.717) is 32.4 Å². The number of amides is 1. The predicted molar refractivity (Wildman–Crippen MR) is 89.5 cm³/mol. The first kappa shape index (κ1) is 18.8. The van der Waals surface area contributed by atoms with Gasteiger partial charge in [-0.05, 0) is 57.1 Å². The van der Waals surface area contributed by atoms with Crippen LogP contribution in [0.25, 0.3) is 0 Å². The summed E-state index contributed by atoms with van der Waals surface area (Å²) in [5.41, 5.74) is 0. The van der Waals surface area contributed by atoms with Crippen LogP contribution in [0.2, 0.25) is 0 Å². The van der Waals surface area contributed by atoms with Crippen LogP contribution in [0.3, 0.4) is 0 Å². The molecule has 1 aromatic carbocycles. The maximum atomic E-state index is 12.9. The number of rotatable bonds is 7. The lowest BCUT2D eigenvalue weighted by molar-refractivity contribution is -0.132. The van der Waals surface area contributed by atoms with Crippen molar-refractivity contribution in [3.63, 3.8) is 0 Å². The van der Waals surface area contributed by atoms with Crippen molar-refractivity contribution in [3.8, 4) is 0 Å². The molecule has 1 saturated heterocycles. The lowest BCUT2D eigenvalue weighted by Crippen LogP contribution is -2.46. The Morgan fingerprint density at radius 1 is 1.25 bits per heavy atom. The zero-order valence-electron chi connectivity index (χ0n) is 13.8. The minimum atomic E-state index is -3.66. The second-order valence-corrected chi connectivity index (χ2v) is 7.65. The van der Waals surface area contributed by atoms with Gasteiger partial charge < -0.3 is 10.2 Å². The SMILES string of the molecule is CNCCCC(=O)N1CCC(NS(=O)(=O)c2ccc(F)cc2)CC1. The molecule has 24 heavy (non-hydrogen) atoms. The average molecular weight is 357 g/mol. The van der Waals surface area contributed by atoms with E-state index in [1.54, 1.807) is 4.90 Å². The van der Waals surface area contributed by atoms with Crippen LogP contribution >= 0.6 is 0 Å². The molecule has 0 spiro atoms. The number of nitrogens with one attached hydrogen (secondary N) is 2. The third-order valence-corrected chi connectivity index (χ3v) is 5.65. The summed E-state index contributed by atoms with van der Waals surface area (Å²) < 4.78 is 40.1. The zero-order valence-corrected chi connectivity index (χ0v) is 14.6. The van der Waals surface area contributed by atoms with Gasteiger partial charge in [-0.3, -0.25) is 4.79 Å². The number of hydrogen-bond donors (Lipinski definition) is 2. The van der Waals surface area contributed by atoms with Crippen LogP contribution in [0.4, 0.5) is 4.39 Å². The maximum absolute atomic E-state index is 12.9. The van der Waals surface area contributed by atoms with E-state index in [4.69, 9.17) is 0 Å². The predicted octanol–water partition coefficient (Wildman–Crippen LogP) is 1.09. The topological polar surface area (TPSA) is 78.5 Å². The van der Waals surface area contributed by atoms with Gasteiger partial charge in [0.15, 0.2) is 0 Å². The van der Waals surface area contributed by atoms with Gasteiger partial charge >= 0.3 is 0 Å². The van der Waals surface area contributed by atoms with Crippen molar-refractivity contribution in [2.45, 2.75) is 36.6 Å². The summed E-state index contributed by atoms with van der Waals surface area (Å²) in [5.74, 6) is -0.357. The minimum absolute atomic E-state index is 0.0504. The Labute approximate surface area is 142 Å². The molecule has 0 atom stereocenters. The smallest absolute Gasteiger partial charge is 0.240 e. The van der Waals surface area contributed by atoms with Gasteiger partial charge in [-0.15, -0.1) is 0 Å². The van der Waals surface area contributed by atoms with Gasteiger partial charge in [0.1, 0.15) is 5.82 Å². The summed E-state index contributed by atoms with van der Waals surface area (Å²) in [5, 5.41) is 3.01. The molecule has 1 aliphatic heterocycles. The number of piperidine rings is 1. The molecule has 1 aromatic rings. The largest absolute Gasteiger partial charge is 0.343 e. The van der Waals surface area contributed by atoms with E-state index in [1.165, 1.54) is 12.1 Å². The highest BCUT2D eigenvalue weighted by Crippen LogP contribution is 2.16. The van der Waals surface area contributed by atoms with Crippen molar-refractivity contribution in [1.29, 1.82) is 0 Å². The molecular weight excluding hydrogens is 333 g/mol. The Hall–Kier alpha value is -1.51. The molecule has 0 aromatic heterocycles. The molecule has 1 amide bonds. The normalized spacial score (nSPS) is 16.3. The van der Waals surface area contributed by atoms with Crippen molar-refractivity contribution in [1.82, 2.24) is 14.9 Å². The summed E-state index contributed by atoms with van der Waals surface area (Å²) in [6, 6.07) is 4.54. The molecule has 6 nitrogen and oxygen atoms in total. The van der Waals surface area contributed by atoms with E-state index in [-0.39, 0.29) is 16.8 Å². The van der Waals surface area contributed by atoms with E-state index in [9.17, 15) is 17.6 Å². The fourth-order valence-corrected chi connectivity index (χ4v) is 4.03. The molecule has 2 rings (SSSR count). The number of halogens is 1. The maximum Gasteiger partial charge on any atom is 0.240 e. The highest BCUT2D eigenvalue weighted by Gasteiger charge is 2.26. The first-order valence-corrected chi connectivity index (χ1v) is 9.61. The molecule has 0 bridgehead atoms. The highest BCUT2D eigenvalue weighted by molar-refractivity contribution is 7.89. The molecule has 0 aliphatic carbocycles. The average Bonchev–Trinajstić information content (AvgIpc) is 2.55. The van der Waals surface area contributed by atoms with Crippen molar-refractivity contribution in [2.75, 3.05) is 26.7 Å². The lowest BCUT2D eigenvalue weighted by Gasteiger charge is -2.32. The fraction of sp³-hybridized carbons (Fsp3) is 0.562. The Morgan fingerprint density at radius 2 is 1.88 bits per heavy atom. The van der Waals surface area contributed by atoms with Crippen LogP contribution in [-0.2, 0) is 14.8 Å². The van der Waals surface area contributed by atoms with E-state index in [2.05, 4.69) is 10.0 Å². The van der Waals surface area contributed by atoms with Gasteiger partial charge in [0, 0.05) is 25.6 Å². The Balaban J connectivity index is 1.84. The van der Waals surface area contributed by atoms with Crippen molar-refractivity contribution in [2.24, 2.45) is 0 Å². The standard InChI is InChI=1S/C16H24FN3O3S/c1-18-10-2-3-16(21)20-11-8-14(9-12-20)19-24(22,23)15-6-4-13(17)5-7-15/h4-7,14,18-19H,2-3,8-12H2,1H3. The molecule has 1 heterocycles. The van der Waals surface area contributed by atoms with Crippen molar-refractivity contribution in [3.05, 3.63) is 30.1 Å². The Kier molecular flexibility index (Phi) is 6.70. The number of benzene rings is 1. The Bertz CT molecular complexity index is 641. The van der Waals surface area contributed by atoms with E-state index < -0.39 is 15.8 Å². The van der Waals surface area contributed by atoms with Gasteiger partial charge in [-0.2, -0.15) is 0 Å². The number of carbonyl (C=O) groups excluding carboxylic acids is 1. The molecular formula is C16H24FN3O3S. The highest BCUT2D eigenvalue weighted by atomic mass is 32.2. The molecule has 0 saturated carbocycles. The minimum Gasteiger partial charge on any atom is -0.343 e. The van der Waals surface area contributed by atoms with Crippen LogP contribution in [0.5, 0.6) is 0 Å². The number of carbonyl (C=O) groups is 1. The zero-order chi connectivity index (χ0) is 17.6. The van der Waals surface area contributed by atoms with Gasteiger partial charge in [0.25, 0.3) is 0 Å². The van der Waals surface area contributed by atoms with Gasteiger partial charge in [0.2, 0.25) is 15.9 Å². The summed E-state index contributed by atoms with van der Waals surface area (Å²) in [6.07, 6.45) is 2.47. The number of likely N-dealkylation sites (tertiary alicyclic amines) is 1. The van der Waals surface area contributed by atoms with Crippen LogP contribution in [0.1, 0.15) is 25.7 Å². The third-order valence-electron chi connectivity index (χ3n) is 4.11. The van der Waals surface area contributed by atoms with Gasteiger partial charge in [0.05, 0.1) is 4.90 Å². The van der Waals surface area contributed by atoms with Crippen LogP contribution in [-0.4, -0.2) is 51.9 Å². The van der Waals surface area contributed by atoms with E-state index >= 15 is 0 Å². The lowest BCUT2D eigenvalue weighted by atomic mass is 10.1. The second-order valence-electron chi connectivity index (χ2n) is 5.94. The molecule has 1 aliphatic rings. The Morgan fingerprint density at radius 3 is 2.46 bits per heavy atom. The molecule has 8 heteroatoms. The molecule has 1 fully saturated rings. The quantitative estimate of drug-likeness (QED) is 0.716. The molecule has 0 unspecified atom stereocenters. The van der Waals surface area contributed by atoms with E-state index in [1.807, 2.05) is 7.05 Å². The summed E-state index contributed by atoms with van der Waals surface area (Å²) in [4.78, 5) is 13.9. The number of nitrogens with zero attached hydrogens (tertiary/aromatic N) is 1. The number of hydrogen-bond acceptors (Lipinski definition) is 4. The van der Waals surface area contributed by atoms with Crippen molar-refractivity contribution >= 4 is 15.9 Å². The second kappa shape index (κ2) is 8.55. The first-order valence-electron chi connectivity index (χ1n) is 8.12. The monoisotopic (exact) mass is 357 g/mol. The van der Waals surface area contributed by atoms with Crippen LogP contribution in [0, 0.1) is 5.82 Å².